The van der Waals surface area contributed by atoms with Crippen LogP contribution < -0.4 is 14.9 Å². The van der Waals surface area contributed by atoms with Gasteiger partial charge in [0.1, 0.15) is 11.5 Å². The highest BCUT2D eigenvalue weighted by atomic mass is 16.5. The standard InChI is InChI=1S/C18H18N2O5/c1-12-3-8-15(16(9-12)24-2)18(23)20-19-10-13-4-6-14(7-5-13)25-11-17(21)22/h3-10H,11H2,1-2H3,(H,20,23)(H,21,22)/b19-10+. The van der Waals surface area contributed by atoms with Crippen LogP contribution in [0.25, 0.3) is 0 Å². The second kappa shape index (κ2) is 8.49. The molecule has 2 aromatic rings. The van der Waals surface area contributed by atoms with Gasteiger partial charge < -0.3 is 14.6 Å². The van der Waals surface area contributed by atoms with Crippen molar-refractivity contribution >= 4 is 18.1 Å². The van der Waals surface area contributed by atoms with Crippen LogP contribution in [-0.4, -0.2) is 36.9 Å². The number of hydrogen-bond acceptors (Lipinski definition) is 5. The molecule has 7 heteroatoms. The maximum absolute atomic E-state index is 12.1. The Hall–Kier alpha value is -3.35. The van der Waals surface area contributed by atoms with Crippen LogP contribution in [0.3, 0.4) is 0 Å². The predicted octanol–water partition coefficient (Wildman–Crippen LogP) is 2.23. The fraction of sp³-hybridized carbons (Fsp3) is 0.167. The summed E-state index contributed by atoms with van der Waals surface area (Å²) in [4.78, 5) is 22.6. The minimum Gasteiger partial charge on any atom is -0.496 e. The molecular weight excluding hydrogens is 324 g/mol. The summed E-state index contributed by atoms with van der Waals surface area (Å²) in [5.74, 6) is -0.505. The van der Waals surface area contributed by atoms with Gasteiger partial charge in [0.25, 0.3) is 5.91 Å². The highest BCUT2D eigenvalue weighted by molar-refractivity contribution is 5.97. The second-order valence-electron chi connectivity index (χ2n) is 5.15. The van der Waals surface area contributed by atoms with Crippen molar-refractivity contribution in [1.82, 2.24) is 5.43 Å². The molecule has 0 unspecified atom stereocenters. The number of hydrogen-bond donors (Lipinski definition) is 2. The SMILES string of the molecule is COc1cc(C)ccc1C(=O)N/N=C/c1ccc(OCC(=O)O)cc1. The molecule has 0 radical (unpaired) electrons. The van der Waals surface area contributed by atoms with E-state index >= 15 is 0 Å². The van der Waals surface area contributed by atoms with Crippen LogP contribution in [0.5, 0.6) is 11.5 Å². The average molecular weight is 342 g/mol. The molecule has 7 nitrogen and oxygen atoms in total. The van der Waals surface area contributed by atoms with Crippen LogP contribution in [0.2, 0.25) is 0 Å². The molecule has 0 bridgehead atoms. The third-order valence-corrected chi connectivity index (χ3v) is 3.22. The first-order valence-corrected chi connectivity index (χ1v) is 7.42. The zero-order chi connectivity index (χ0) is 18.2. The Labute approximate surface area is 144 Å². The van der Waals surface area contributed by atoms with E-state index in [0.717, 1.165) is 11.1 Å². The molecule has 0 fully saturated rings. The van der Waals surface area contributed by atoms with Crippen molar-refractivity contribution < 1.29 is 24.2 Å². The number of ether oxygens (including phenoxy) is 2. The number of hydrazone groups is 1. The fourth-order valence-corrected chi connectivity index (χ4v) is 2.01. The molecular formula is C18H18N2O5. The lowest BCUT2D eigenvalue weighted by atomic mass is 10.1. The number of methoxy groups -OCH3 is 1. The molecule has 0 aromatic heterocycles. The van der Waals surface area contributed by atoms with Crippen LogP contribution in [0.4, 0.5) is 0 Å². The molecule has 0 aliphatic heterocycles. The molecule has 0 spiro atoms. The van der Waals surface area contributed by atoms with Gasteiger partial charge >= 0.3 is 5.97 Å². The highest BCUT2D eigenvalue weighted by Gasteiger charge is 2.11. The monoisotopic (exact) mass is 342 g/mol. The zero-order valence-corrected chi connectivity index (χ0v) is 13.9. The summed E-state index contributed by atoms with van der Waals surface area (Å²) in [6.07, 6.45) is 1.47. The molecule has 0 atom stereocenters. The zero-order valence-electron chi connectivity index (χ0n) is 13.9. The lowest BCUT2D eigenvalue weighted by molar-refractivity contribution is -0.139. The van der Waals surface area contributed by atoms with Gasteiger partial charge in [0.05, 0.1) is 18.9 Å². The van der Waals surface area contributed by atoms with Gasteiger partial charge in [-0.3, -0.25) is 4.79 Å². The number of aryl methyl sites for hydroxylation is 1. The number of carboxylic acids is 1. The number of carboxylic acid groups (broad SMARTS) is 1. The summed E-state index contributed by atoms with van der Waals surface area (Å²) in [6.45, 7) is 1.51. The van der Waals surface area contributed by atoms with Crippen molar-refractivity contribution in [2.75, 3.05) is 13.7 Å². The van der Waals surface area contributed by atoms with Gasteiger partial charge in [-0.2, -0.15) is 5.10 Å². The number of amides is 1. The maximum Gasteiger partial charge on any atom is 0.341 e. The first-order valence-electron chi connectivity index (χ1n) is 7.42. The van der Waals surface area contributed by atoms with Gasteiger partial charge in [-0.25, -0.2) is 10.2 Å². The van der Waals surface area contributed by atoms with Crippen LogP contribution in [0.1, 0.15) is 21.5 Å². The van der Waals surface area contributed by atoms with Gasteiger partial charge in [0.2, 0.25) is 0 Å². The lowest BCUT2D eigenvalue weighted by Gasteiger charge is -2.07. The second-order valence-corrected chi connectivity index (χ2v) is 5.15. The van der Waals surface area contributed by atoms with Crippen LogP contribution >= 0.6 is 0 Å². The molecule has 0 aliphatic carbocycles. The summed E-state index contributed by atoms with van der Waals surface area (Å²) in [5, 5.41) is 12.5. The van der Waals surface area contributed by atoms with E-state index in [1.165, 1.54) is 13.3 Å². The van der Waals surface area contributed by atoms with E-state index in [2.05, 4.69) is 10.5 Å². The summed E-state index contributed by atoms with van der Waals surface area (Å²) in [6, 6.07) is 11.9. The quantitative estimate of drug-likeness (QED) is 0.594. The van der Waals surface area contributed by atoms with E-state index in [4.69, 9.17) is 14.6 Å². The lowest BCUT2D eigenvalue weighted by Crippen LogP contribution is -2.18. The Morgan fingerprint density at radius 1 is 1.20 bits per heavy atom. The Morgan fingerprint density at radius 3 is 2.56 bits per heavy atom. The van der Waals surface area contributed by atoms with E-state index in [1.54, 1.807) is 36.4 Å². The molecule has 1 amide bonds. The van der Waals surface area contributed by atoms with Crippen molar-refractivity contribution in [3.05, 3.63) is 59.2 Å². The third kappa shape index (κ3) is 5.35. The Morgan fingerprint density at radius 2 is 1.92 bits per heavy atom. The molecule has 2 N–H and O–H groups in total. The van der Waals surface area contributed by atoms with E-state index in [-0.39, 0.29) is 5.91 Å². The maximum atomic E-state index is 12.1. The molecule has 0 heterocycles. The number of benzene rings is 2. The molecule has 2 rings (SSSR count). The molecule has 0 aliphatic rings. The van der Waals surface area contributed by atoms with Crippen molar-refractivity contribution in [1.29, 1.82) is 0 Å². The molecule has 2 aromatic carbocycles. The number of nitrogens with zero attached hydrogens (tertiary/aromatic N) is 1. The van der Waals surface area contributed by atoms with Crippen molar-refractivity contribution in [3.8, 4) is 11.5 Å². The average Bonchev–Trinajstić information content (AvgIpc) is 2.60. The minimum atomic E-state index is -1.04. The van der Waals surface area contributed by atoms with Crippen LogP contribution in [0.15, 0.2) is 47.6 Å². The van der Waals surface area contributed by atoms with Gasteiger partial charge in [0, 0.05) is 0 Å². The van der Waals surface area contributed by atoms with Crippen molar-refractivity contribution in [2.45, 2.75) is 6.92 Å². The number of carbonyl (C=O) groups is 2. The van der Waals surface area contributed by atoms with Gasteiger partial charge in [0.15, 0.2) is 6.61 Å². The molecule has 0 saturated heterocycles. The highest BCUT2D eigenvalue weighted by Crippen LogP contribution is 2.19. The van der Waals surface area contributed by atoms with Gasteiger partial charge in [-0.1, -0.05) is 6.07 Å². The first-order chi connectivity index (χ1) is 12.0. The largest absolute Gasteiger partial charge is 0.496 e. The Bertz CT molecular complexity index is 785. The number of rotatable bonds is 7. The smallest absolute Gasteiger partial charge is 0.341 e. The van der Waals surface area contributed by atoms with Gasteiger partial charge in [-0.05, 0) is 54.4 Å². The van der Waals surface area contributed by atoms with Crippen LogP contribution in [0, 0.1) is 6.92 Å². The number of aliphatic carboxylic acids is 1. The molecule has 25 heavy (non-hydrogen) atoms. The van der Waals surface area contributed by atoms with E-state index in [0.29, 0.717) is 17.1 Å². The van der Waals surface area contributed by atoms with E-state index < -0.39 is 12.6 Å². The first kappa shape index (κ1) is 18.0. The fourth-order valence-electron chi connectivity index (χ4n) is 2.01. The Balaban J connectivity index is 1.96. The third-order valence-electron chi connectivity index (χ3n) is 3.22. The van der Waals surface area contributed by atoms with E-state index in [9.17, 15) is 9.59 Å². The Kier molecular flexibility index (Phi) is 6.11. The van der Waals surface area contributed by atoms with Crippen molar-refractivity contribution in [2.24, 2.45) is 5.10 Å². The number of nitrogens with one attached hydrogen (secondary N) is 1. The molecule has 130 valence electrons. The number of carbonyl (C=O) groups excluding carboxylic acids is 1. The van der Waals surface area contributed by atoms with Crippen LogP contribution in [-0.2, 0) is 4.79 Å². The summed E-state index contributed by atoms with van der Waals surface area (Å²) in [7, 11) is 1.50. The van der Waals surface area contributed by atoms with E-state index in [1.807, 2.05) is 13.0 Å². The summed E-state index contributed by atoms with van der Waals surface area (Å²) >= 11 is 0. The normalized spacial score (nSPS) is 10.5. The summed E-state index contributed by atoms with van der Waals surface area (Å²) < 4.78 is 10.2. The molecule has 0 saturated carbocycles. The minimum absolute atomic E-state index is 0.380. The summed E-state index contributed by atoms with van der Waals surface area (Å²) in [5.41, 5.74) is 4.54. The topological polar surface area (TPSA) is 97.2 Å². The van der Waals surface area contributed by atoms with Crippen molar-refractivity contribution in [3.63, 3.8) is 0 Å². The predicted molar refractivity (Wildman–Crippen MR) is 92.4 cm³/mol. The van der Waals surface area contributed by atoms with Gasteiger partial charge in [-0.15, -0.1) is 0 Å².